The van der Waals surface area contributed by atoms with Gasteiger partial charge in [0.15, 0.2) is 0 Å². The fraction of sp³-hybridized carbons (Fsp3) is 0.733. The van der Waals surface area contributed by atoms with Gasteiger partial charge in [-0.1, -0.05) is 46.8 Å². The predicted molar refractivity (Wildman–Crippen MR) is 141 cm³/mol. The zero-order chi connectivity index (χ0) is 28.7. The van der Waals surface area contributed by atoms with E-state index in [1.807, 2.05) is 20.8 Å². The molecule has 0 aromatic heterocycles. The first-order chi connectivity index (χ1) is 17.5. The van der Waals surface area contributed by atoms with Crippen molar-refractivity contribution >= 4 is 23.9 Å². The molecule has 2 bridgehead atoms. The van der Waals surface area contributed by atoms with Gasteiger partial charge in [-0.2, -0.15) is 0 Å². The Morgan fingerprint density at radius 2 is 1.45 bits per heavy atom. The Bertz CT molecular complexity index is 1040. The Morgan fingerprint density at radius 1 is 0.895 bits per heavy atom. The fourth-order valence-electron chi connectivity index (χ4n) is 7.43. The van der Waals surface area contributed by atoms with Crippen LogP contribution in [-0.4, -0.2) is 48.3 Å². The van der Waals surface area contributed by atoms with Crippen molar-refractivity contribution in [3.8, 4) is 0 Å². The molecule has 0 unspecified atom stereocenters. The van der Waals surface area contributed by atoms with Gasteiger partial charge in [0.25, 0.3) is 0 Å². The number of hydrogen-bond acceptors (Lipinski definition) is 8. The second-order valence-electron chi connectivity index (χ2n) is 12.5. The maximum Gasteiger partial charge on any atom is 0.308 e. The van der Waals surface area contributed by atoms with Gasteiger partial charge in [-0.3, -0.25) is 19.2 Å². The van der Waals surface area contributed by atoms with Crippen LogP contribution in [0, 0.1) is 28.6 Å². The van der Waals surface area contributed by atoms with Crippen molar-refractivity contribution in [3.63, 3.8) is 0 Å². The van der Waals surface area contributed by atoms with Crippen LogP contribution in [0.1, 0.15) is 88.0 Å². The summed E-state index contributed by atoms with van der Waals surface area (Å²) < 4.78 is 23.9. The molecule has 0 aromatic carbocycles. The lowest BCUT2D eigenvalue weighted by molar-refractivity contribution is -0.187. The van der Waals surface area contributed by atoms with Crippen molar-refractivity contribution < 1.29 is 38.1 Å². The number of esters is 4. The summed E-state index contributed by atoms with van der Waals surface area (Å²) in [6.07, 6.45) is -0.185. The van der Waals surface area contributed by atoms with Crippen LogP contribution in [0.2, 0.25) is 0 Å². The number of rotatable bonds is 5. The SMILES string of the molecule is C=C1[C@@H](OC(C)=O)CC[C@@]2(C)C[C@H](OC(C)=O)C3=C(C)C[C@H](OC(=O)C(C)C)[C@@H]([C@@H](OC(C)=O)[C@H]12)C3(C)C. The molecule has 2 fully saturated rings. The molecule has 2 saturated carbocycles. The van der Waals surface area contributed by atoms with E-state index in [0.29, 0.717) is 31.3 Å². The highest BCUT2D eigenvalue weighted by Crippen LogP contribution is 2.60. The first kappa shape index (κ1) is 29.9. The molecule has 8 heteroatoms. The molecule has 0 radical (unpaired) electrons. The van der Waals surface area contributed by atoms with E-state index in [0.717, 1.165) is 11.1 Å². The lowest BCUT2D eigenvalue weighted by Gasteiger charge is -2.58. The Balaban J connectivity index is 2.29. The normalized spacial score (nSPS) is 34.4. The van der Waals surface area contributed by atoms with Crippen LogP contribution in [0.15, 0.2) is 23.3 Å². The fourth-order valence-corrected chi connectivity index (χ4v) is 7.43. The standard InChI is InChI=1S/C30H44O8/c1-15(2)28(34)38-22-13-16(3)24-23(36-19(6)32)14-30(10)12-11-21(35-18(5)31)17(4)25(30)27(37-20(7)33)26(22)29(24,8)9/h15,21-23,25-27H,4,11-14H2,1-3,5-10H3/t21-,22-,23-,25-,26-,27-,30-/m0/s1. The van der Waals surface area contributed by atoms with Crippen molar-refractivity contribution in [2.45, 2.75) is 112 Å². The molecular weight excluding hydrogens is 488 g/mol. The zero-order valence-electron chi connectivity index (χ0n) is 24.3. The highest BCUT2D eigenvalue weighted by atomic mass is 16.6. The van der Waals surface area contributed by atoms with Crippen molar-refractivity contribution in [3.05, 3.63) is 23.3 Å². The number of carbonyl (C=O) groups excluding carboxylic acids is 4. The van der Waals surface area contributed by atoms with E-state index in [1.54, 1.807) is 13.8 Å². The van der Waals surface area contributed by atoms with Crippen LogP contribution in [0.25, 0.3) is 0 Å². The average molecular weight is 533 g/mol. The molecule has 0 N–H and O–H groups in total. The molecule has 8 nitrogen and oxygen atoms in total. The molecule has 3 aliphatic rings. The highest BCUT2D eigenvalue weighted by Gasteiger charge is 2.61. The summed E-state index contributed by atoms with van der Waals surface area (Å²) in [7, 11) is 0. The van der Waals surface area contributed by atoms with E-state index in [9.17, 15) is 19.2 Å². The minimum absolute atomic E-state index is 0.328. The van der Waals surface area contributed by atoms with Crippen LogP contribution in [0.4, 0.5) is 0 Å². The maximum absolute atomic E-state index is 12.9. The molecule has 3 aliphatic carbocycles. The number of carbonyl (C=O) groups is 4. The van der Waals surface area contributed by atoms with Gasteiger partial charge in [0.2, 0.25) is 0 Å². The Labute approximate surface area is 226 Å². The summed E-state index contributed by atoms with van der Waals surface area (Å²) in [5.74, 6) is -2.77. The molecule has 7 atom stereocenters. The van der Waals surface area contributed by atoms with Crippen LogP contribution in [0.3, 0.4) is 0 Å². The Hall–Kier alpha value is -2.64. The third-order valence-corrected chi connectivity index (χ3v) is 8.75. The van der Waals surface area contributed by atoms with Crippen molar-refractivity contribution in [1.82, 2.24) is 0 Å². The van der Waals surface area contributed by atoms with Gasteiger partial charge in [0.1, 0.15) is 24.4 Å². The minimum Gasteiger partial charge on any atom is -0.461 e. The van der Waals surface area contributed by atoms with Crippen LogP contribution in [0.5, 0.6) is 0 Å². The van der Waals surface area contributed by atoms with Crippen molar-refractivity contribution in [1.29, 1.82) is 0 Å². The maximum atomic E-state index is 12.9. The number of hydrogen-bond donors (Lipinski definition) is 0. The summed E-state index contributed by atoms with van der Waals surface area (Å²) in [4.78, 5) is 49.7. The smallest absolute Gasteiger partial charge is 0.308 e. The summed E-state index contributed by atoms with van der Waals surface area (Å²) in [5, 5.41) is 0. The topological polar surface area (TPSA) is 105 Å². The van der Waals surface area contributed by atoms with Gasteiger partial charge in [-0.15, -0.1) is 0 Å². The molecule has 0 aromatic rings. The van der Waals surface area contributed by atoms with E-state index in [4.69, 9.17) is 18.9 Å². The Kier molecular flexibility index (Phi) is 8.54. The monoisotopic (exact) mass is 532 g/mol. The van der Waals surface area contributed by atoms with Crippen LogP contribution < -0.4 is 0 Å². The van der Waals surface area contributed by atoms with Crippen LogP contribution in [-0.2, 0) is 38.1 Å². The molecule has 0 heterocycles. The lowest BCUT2D eigenvalue weighted by Crippen LogP contribution is -2.60. The largest absolute Gasteiger partial charge is 0.461 e. The summed E-state index contributed by atoms with van der Waals surface area (Å²) in [6.45, 7) is 20.3. The van der Waals surface area contributed by atoms with Crippen LogP contribution >= 0.6 is 0 Å². The van der Waals surface area contributed by atoms with Gasteiger partial charge in [0.05, 0.1) is 5.92 Å². The van der Waals surface area contributed by atoms with E-state index in [2.05, 4.69) is 13.5 Å². The highest BCUT2D eigenvalue weighted by molar-refractivity contribution is 5.72. The quantitative estimate of drug-likeness (QED) is 0.274. The Morgan fingerprint density at radius 3 is 1.97 bits per heavy atom. The van der Waals surface area contributed by atoms with Crippen molar-refractivity contribution in [2.75, 3.05) is 0 Å². The van der Waals surface area contributed by atoms with E-state index >= 15 is 0 Å². The molecule has 38 heavy (non-hydrogen) atoms. The number of ether oxygens (including phenoxy) is 4. The van der Waals surface area contributed by atoms with E-state index in [-0.39, 0.29) is 17.9 Å². The molecular formula is C30H44O8. The van der Waals surface area contributed by atoms with Gasteiger partial charge >= 0.3 is 23.9 Å². The average Bonchev–Trinajstić information content (AvgIpc) is 2.73. The van der Waals surface area contributed by atoms with Gasteiger partial charge < -0.3 is 18.9 Å². The first-order valence-corrected chi connectivity index (χ1v) is 13.6. The van der Waals surface area contributed by atoms with Gasteiger partial charge in [0, 0.05) is 39.0 Å². The molecule has 212 valence electrons. The third kappa shape index (κ3) is 5.69. The van der Waals surface area contributed by atoms with Crippen molar-refractivity contribution in [2.24, 2.45) is 28.6 Å². The molecule has 0 saturated heterocycles. The first-order valence-electron chi connectivity index (χ1n) is 13.6. The summed E-state index contributed by atoms with van der Waals surface area (Å²) in [6, 6.07) is 0. The van der Waals surface area contributed by atoms with Gasteiger partial charge in [-0.25, -0.2) is 0 Å². The van der Waals surface area contributed by atoms with Gasteiger partial charge in [-0.05, 0) is 48.2 Å². The molecule has 0 spiro atoms. The number of fused-ring (bicyclic) bond motifs is 3. The summed E-state index contributed by atoms with van der Waals surface area (Å²) in [5.41, 5.74) is 1.49. The molecule has 3 rings (SSSR count). The van der Waals surface area contributed by atoms with E-state index in [1.165, 1.54) is 20.8 Å². The predicted octanol–water partition coefficient (Wildman–Crippen LogP) is 5.09. The second-order valence-corrected chi connectivity index (χ2v) is 12.5. The molecule has 0 aliphatic heterocycles. The zero-order valence-corrected chi connectivity index (χ0v) is 24.3. The van der Waals surface area contributed by atoms with E-state index < -0.39 is 59.0 Å². The second kappa shape index (κ2) is 10.9. The molecule has 0 amide bonds. The summed E-state index contributed by atoms with van der Waals surface area (Å²) >= 11 is 0. The third-order valence-electron chi connectivity index (χ3n) is 8.75. The lowest BCUT2D eigenvalue weighted by atomic mass is 9.50. The minimum atomic E-state index is -0.704.